The molecule has 0 saturated carbocycles. The fourth-order valence-electron chi connectivity index (χ4n) is 1.34. The highest BCUT2D eigenvalue weighted by Gasteiger charge is 2.09. The number of halogens is 1. The van der Waals surface area contributed by atoms with Crippen molar-refractivity contribution in [1.29, 1.82) is 0 Å². The first-order chi connectivity index (χ1) is 8.20. The number of hydrogen-bond donors (Lipinski definition) is 1. The first-order valence-corrected chi connectivity index (χ1v) is 5.27. The van der Waals surface area contributed by atoms with E-state index in [9.17, 15) is 4.79 Å². The fraction of sp³-hybridized carbons (Fsp3) is 0.0833. The van der Waals surface area contributed by atoms with Crippen LogP contribution in [0, 0.1) is 0 Å². The summed E-state index contributed by atoms with van der Waals surface area (Å²) in [5.41, 5.74) is 0.581. The van der Waals surface area contributed by atoms with Gasteiger partial charge < -0.3 is 14.5 Å². The number of hydrogen-bond acceptors (Lipinski definition) is 3. The van der Waals surface area contributed by atoms with Gasteiger partial charge in [0.05, 0.1) is 18.4 Å². The SMILES string of the molecule is COc1ccc(NC(=O)c2ccco2)cc1Cl. The van der Waals surface area contributed by atoms with Crippen molar-refractivity contribution in [2.24, 2.45) is 0 Å². The standard InChI is InChI=1S/C12H10ClNO3/c1-16-10-5-4-8(7-9(10)13)14-12(15)11-3-2-6-17-11/h2-7H,1H3,(H,14,15). The molecule has 0 unspecified atom stereocenters. The van der Waals surface area contributed by atoms with Crippen molar-refractivity contribution in [3.8, 4) is 5.75 Å². The van der Waals surface area contributed by atoms with Gasteiger partial charge >= 0.3 is 0 Å². The van der Waals surface area contributed by atoms with Crippen molar-refractivity contribution in [3.05, 3.63) is 47.4 Å². The van der Waals surface area contributed by atoms with Crippen LogP contribution in [0.3, 0.4) is 0 Å². The number of rotatable bonds is 3. The normalized spacial score (nSPS) is 10.0. The number of nitrogens with one attached hydrogen (secondary N) is 1. The monoisotopic (exact) mass is 251 g/mol. The summed E-state index contributed by atoms with van der Waals surface area (Å²) in [4.78, 5) is 11.7. The highest BCUT2D eigenvalue weighted by atomic mass is 35.5. The van der Waals surface area contributed by atoms with Crippen molar-refractivity contribution in [3.63, 3.8) is 0 Å². The second-order valence-corrected chi connectivity index (χ2v) is 3.69. The van der Waals surface area contributed by atoms with Crippen molar-refractivity contribution in [2.75, 3.05) is 12.4 Å². The Hall–Kier alpha value is -1.94. The van der Waals surface area contributed by atoms with Gasteiger partial charge in [0.15, 0.2) is 5.76 Å². The van der Waals surface area contributed by atoms with Gasteiger partial charge in [0, 0.05) is 5.69 Å². The van der Waals surface area contributed by atoms with E-state index in [0.717, 1.165) is 0 Å². The van der Waals surface area contributed by atoms with Crippen molar-refractivity contribution >= 4 is 23.2 Å². The van der Waals surface area contributed by atoms with E-state index < -0.39 is 0 Å². The number of carbonyl (C=O) groups is 1. The van der Waals surface area contributed by atoms with Crippen LogP contribution in [0.15, 0.2) is 41.0 Å². The van der Waals surface area contributed by atoms with Crippen LogP contribution in [0.5, 0.6) is 5.75 Å². The molecule has 1 amide bonds. The van der Waals surface area contributed by atoms with Gasteiger partial charge in [-0.15, -0.1) is 0 Å². The zero-order chi connectivity index (χ0) is 12.3. The molecule has 1 N–H and O–H groups in total. The number of furan rings is 1. The summed E-state index contributed by atoms with van der Waals surface area (Å²) in [7, 11) is 1.53. The zero-order valence-corrected chi connectivity index (χ0v) is 9.82. The van der Waals surface area contributed by atoms with E-state index in [1.165, 1.54) is 13.4 Å². The number of carbonyl (C=O) groups excluding carboxylic acids is 1. The Kier molecular flexibility index (Phi) is 3.35. The second-order valence-electron chi connectivity index (χ2n) is 3.28. The molecule has 88 valence electrons. The molecular formula is C12H10ClNO3. The quantitative estimate of drug-likeness (QED) is 0.911. The van der Waals surface area contributed by atoms with Gasteiger partial charge in [-0.25, -0.2) is 0 Å². The summed E-state index contributed by atoms with van der Waals surface area (Å²) in [6, 6.07) is 8.23. The predicted molar refractivity (Wildman–Crippen MR) is 64.7 cm³/mol. The van der Waals surface area contributed by atoms with Gasteiger partial charge in [-0.3, -0.25) is 4.79 Å². The third-order valence-corrected chi connectivity index (χ3v) is 2.45. The highest BCUT2D eigenvalue weighted by Crippen LogP contribution is 2.27. The Balaban J connectivity index is 2.14. The lowest BCUT2D eigenvalue weighted by atomic mass is 10.3. The average molecular weight is 252 g/mol. The number of amides is 1. The van der Waals surface area contributed by atoms with Crippen molar-refractivity contribution in [2.45, 2.75) is 0 Å². The Morgan fingerprint density at radius 3 is 2.82 bits per heavy atom. The summed E-state index contributed by atoms with van der Waals surface area (Å²) in [6.45, 7) is 0. The molecule has 0 atom stereocenters. The summed E-state index contributed by atoms with van der Waals surface area (Å²) in [5.74, 6) is 0.482. The van der Waals surface area contributed by atoms with Crippen LogP contribution in [-0.4, -0.2) is 13.0 Å². The molecule has 0 bridgehead atoms. The smallest absolute Gasteiger partial charge is 0.291 e. The molecule has 2 rings (SSSR count). The lowest BCUT2D eigenvalue weighted by molar-refractivity contribution is 0.0996. The predicted octanol–water partition coefficient (Wildman–Crippen LogP) is 3.19. The minimum atomic E-state index is -0.323. The topological polar surface area (TPSA) is 51.5 Å². The van der Waals surface area contributed by atoms with E-state index in [4.69, 9.17) is 20.8 Å². The highest BCUT2D eigenvalue weighted by molar-refractivity contribution is 6.32. The molecule has 17 heavy (non-hydrogen) atoms. The van der Waals surface area contributed by atoms with Gasteiger partial charge in [0.25, 0.3) is 5.91 Å². The molecule has 1 aromatic carbocycles. The van der Waals surface area contributed by atoms with Crippen LogP contribution < -0.4 is 10.1 Å². The molecule has 5 heteroatoms. The molecule has 4 nitrogen and oxygen atoms in total. The summed E-state index contributed by atoms with van der Waals surface area (Å²) < 4.78 is 9.99. The molecule has 0 radical (unpaired) electrons. The van der Waals surface area contributed by atoms with Crippen LogP contribution in [-0.2, 0) is 0 Å². The molecule has 0 aliphatic carbocycles. The maximum absolute atomic E-state index is 11.7. The summed E-state index contributed by atoms with van der Waals surface area (Å²) in [5, 5.41) is 3.10. The molecule has 1 heterocycles. The Labute approximate surface area is 103 Å². The van der Waals surface area contributed by atoms with Gasteiger partial charge in [0.1, 0.15) is 5.75 Å². The number of ether oxygens (including phenoxy) is 1. The third-order valence-electron chi connectivity index (χ3n) is 2.15. The minimum Gasteiger partial charge on any atom is -0.495 e. The van der Waals surface area contributed by atoms with Crippen LogP contribution in [0.25, 0.3) is 0 Å². The van der Waals surface area contributed by atoms with E-state index in [1.54, 1.807) is 30.3 Å². The maximum atomic E-state index is 11.7. The van der Waals surface area contributed by atoms with Crippen LogP contribution in [0.2, 0.25) is 5.02 Å². The van der Waals surface area contributed by atoms with Crippen LogP contribution >= 0.6 is 11.6 Å². The lowest BCUT2D eigenvalue weighted by Gasteiger charge is -2.06. The third kappa shape index (κ3) is 2.60. The summed E-state index contributed by atoms with van der Waals surface area (Å²) in [6.07, 6.45) is 1.44. The van der Waals surface area contributed by atoms with Gasteiger partial charge in [-0.1, -0.05) is 11.6 Å². The fourth-order valence-corrected chi connectivity index (χ4v) is 1.60. The molecule has 2 aromatic rings. The van der Waals surface area contributed by atoms with Gasteiger partial charge in [0.2, 0.25) is 0 Å². The molecule has 0 spiro atoms. The van der Waals surface area contributed by atoms with Crippen LogP contribution in [0.4, 0.5) is 5.69 Å². The number of methoxy groups -OCH3 is 1. The van der Waals surface area contributed by atoms with E-state index >= 15 is 0 Å². The lowest BCUT2D eigenvalue weighted by Crippen LogP contribution is -2.10. The van der Waals surface area contributed by atoms with Crippen LogP contribution in [0.1, 0.15) is 10.6 Å². The minimum absolute atomic E-state index is 0.247. The molecule has 0 saturated heterocycles. The Bertz CT molecular complexity index is 523. The number of anilines is 1. The second kappa shape index (κ2) is 4.93. The molecule has 0 aliphatic heterocycles. The van der Waals surface area contributed by atoms with E-state index in [-0.39, 0.29) is 11.7 Å². The first-order valence-electron chi connectivity index (χ1n) is 4.89. The average Bonchev–Trinajstić information content (AvgIpc) is 2.82. The van der Waals surface area contributed by atoms with Crippen molar-refractivity contribution in [1.82, 2.24) is 0 Å². The maximum Gasteiger partial charge on any atom is 0.291 e. The summed E-state index contributed by atoms with van der Waals surface area (Å²) >= 11 is 5.94. The molecule has 0 fully saturated rings. The molecule has 1 aromatic heterocycles. The zero-order valence-electron chi connectivity index (χ0n) is 9.07. The van der Waals surface area contributed by atoms with E-state index in [1.807, 2.05) is 0 Å². The van der Waals surface area contributed by atoms with Gasteiger partial charge in [-0.05, 0) is 30.3 Å². The largest absolute Gasteiger partial charge is 0.495 e. The van der Waals surface area contributed by atoms with E-state index in [2.05, 4.69) is 5.32 Å². The Morgan fingerprint density at radius 1 is 1.41 bits per heavy atom. The molecular weight excluding hydrogens is 242 g/mol. The first kappa shape index (κ1) is 11.5. The number of benzene rings is 1. The van der Waals surface area contributed by atoms with E-state index in [0.29, 0.717) is 16.5 Å². The van der Waals surface area contributed by atoms with Gasteiger partial charge in [-0.2, -0.15) is 0 Å². The molecule has 0 aliphatic rings. The Morgan fingerprint density at radius 2 is 2.24 bits per heavy atom. The van der Waals surface area contributed by atoms with Crippen molar-refractivity contribution < 1.29 is 13.9 Å².